The maximum Gasteiger partial charge on any atom is 0.168 e. The topological polar surface area (TPSA) is 34.1 Å². The van der Waals surface area contributed by atoms with E-state index in [4.69, 9.17) is 16.3 Å². The van der Waals surface area contributed by atoms with Crippen LogP contribution in [-0.2, 0) is 0 Å². The van der Waals surface area contributed by atoms with Crippen LogP contribution < -0.4 is 10.1 Å². The minimum atomic E-state index is 0.0998. The van der Waals surface area contributed by atoms with Crippen molar-refractivity contribution in [2.75, 3.05) is 11.9 Å². The van der Waals surface area contributed by atoms with E-state index in [1.165, 1.54) is 0 Å². The minimum absolute atomic E-state index is 0.0998. The van der Waals surface area contributed by atoms with Crippen molar-refractivity contribution in [3.05, 3.63) is 18.3 Å². The van der Waals surface area contributed by atoms with Crippen LogP contribution in [-0.4, -0.2) is 23.0 Å². The van der Waals surface area contributed by atoms with Gasteiger partial charge in [-0.3, -0.25) is 0 Å². The molecular weight excluding hydrogens is 236 g/mol. The van der Waals surface area contributed by atoms with E-state index in [1.807, 2.05) is 19.1 Å². The Morgan fingerprint density at radius 1 is 1.59 bits per heavy atom. The summed E-state index contributed by atoms with van der Waals surface area (Å²) in [7, 11) is 0. The van der Waals surface area contributed by atoms with Gasteiger partial charge in [-0.25, -0.2) is 4.98 Å². The first-order valence-electron chi connectivity index (χ1n) is 6.04. The predicted octanol–water partition coefficient (Wildman–Crippen LogP) is 3.30. The molecular formula is C13H19ClN2O. The molecule has 17 heavy (non-hydrogen) atoms. The van der Waals surface area contributed by atoms with Crippen molar-refractivity contribution in [2.45, 2.75) is 38.6 Å². The van der Waals surface area contributed by atoms with Crippen molar-refractivity contribution in [1.29, 1.82) is 0 Å². The summed E-state index contributed by atoms with van der Waals surface area (Å²) in [4.78, 5) is 4.33. The SMILES string of the molecule is CCOc1cccnc1NC1CC(Cl)C1(C)C. The number of nitrogens with zero attached hydrogens (tertiary/aromatic N) is 1. The van der Waals surface area contributed by atoms with Gasteiger partial charge in [0.2, 0.25) is 0 Å². The highest BCUT2D eigenvalue weighted by Crippen LogP contribution is 2.46. The lowest BCUT2D eigenvalue weighted by Crippen LogP contribution is -2.54. The molecule has 4 heteroatoms. The zero-order valence-electron chi connectivity index (χ0n) is 10.5. The van der Waals surface area contributed by atoms with Gasteiger partial charge in [-0.2, -0.15) is 0 Å². The van der Waals surface area contributed by atoms with Gasteiger partial charge in [0, 0.05) is 23.0 Å². The van der Waals surface area contributed by atoms with Crippen molar-refractivity contribution in [3.8, 4) is 5.75 Å². The van der Waals surface area contributed by atoms with Gasteiger partial charge in [-0.1, -0.05) is 13.8 Å². The second-order valence-corrected chi connectivity index (χ2v) is 5.53. The smallest absolute Gasteiger partial charge is 0.168 e. The monoisotopic (exact) mass is 254 g/mol. The van der Waals surface area contributed by atoms with Gasteiger partial charge in [-0.15, -0.1) is 11.6 Å². The lowest BCUT2D eigenvalue weighted by Gasteiger charge is -2.49. The highest BCUT2D eigenvalue weighted by molar-refractivity contribution is 6.21. The van der Waals surface area contributed by atoms with Gasteiger partial charge >= 0.3 is 0 Å². The molecule has 1 N–H and O–H groups in total. The molecule has 1 aliphatic carbocycles. The largest absolute Gasteiger partial charge is 0.490 e. The van der Waals surface area contributed by atoms with Crippen LogP contribution in [0.15, 0.2) is 18.3 Å². The molecule has 1 fully saturated rings. The van der Waals surface area contributed by atoms with E-state index in [0.29, 0.717) is 12.6 Å². The molecule has 1 aromatic rings. The van der Waals surface area contributed by atoms with E-state index >= 15 is 0 Å². The molecule has 3 nitrogen and oxygen atoms in total. The lowest BCUT2D eigenvalue weighted by atomic mass is 9.67. The molecule has 1 aliphatic rings. The molecule has 0 aliphatic heterocycles. The van der Waals surface area contributed by atoms with Gasteiger partial charge in [-0.05, 0) is 25.5 Å². The van der Waals surface area contributed by atoms with E-state index in [0.717, 1.165) is 18.0 Å². The average Bonchev–Trinajstić information content (AvgIpc) is 2.31. The van der Waals surface area contributed by atoms with Gasteiger partial charge < -0.3 is 10.1 Å². The molecule has 0 spiro atoms. The number of hydrogen-bond donors (Lipinski definition) is 1. The lowest BCUT2D eigenvalue weighted by molar-refractivity contribution is 0.167. The highest BCUT2D eigenvalue weighted by atomic mass is 35.5. The fourth-order valence-electron chi connectivity index (χ4n) is 2.05. The van der Waals surface area contributed by atoms with Gasteiger partial charge in [0.05, 0.1) is 6.61 Å². The Labute approximate surface area is 108 Å². The molecule has 1 saturated carbocycles. The fourth-order valence-corrected chi connectivity index (χ4v) is 2.38. The standard InChI is InChI=1S/C13H19ClN2O/c1-4-17-9-6-5-7-15-12(9)16-11-8-10(14)13(11,2)3/h5-7,10-11H,4,8H2,1-3H3,(H,15,16). The number of anilines is 1. The average molecular weight is 255 g/mol. The van der Waals surface area contributed by atoms with Crippen LogP contribution in [0.1, 0.15) is 27.2 Å². The van der Waals surface area contributed by atoms with Crippen LogP contribution in [0, 0.1) is 5.41 Å². The number of alkyl halides is 1. The Balaban J connectivity index is 2.09. The maximum absolute atomic E-state index is 6.21. The molecule has 0 saturated heterocycles. The Morgan fingerprint density at radius 3 is 2.94 bits per heavy atom. The third-order valence-electron chi connectivity index (χ3n) is 3.53. The first-order chi connectivity index (χ1) is 8.05. The number of aromatic nitrogens is 1. The van der Waals surface area contributed by atoms with Crippen molar-refractivity contribution >= 4 is 17.4 Å². The molecule has 94 valence electrons. The van der Waals surface area contributed by atoms with E-state index < -0.39 is 0 Å². The first kappa shape index (κ1) is 12.5. The minimum Gasteiger partial charge on any atom is -0.490 e. The molecule has 2 atom stereocenters. The van der Waals surface area contributed by atoms with E-state index in [-0.39, 0.29) is 10.8 Å². The van der Waals surface area contributed by atoms with Crippen LogP contribution in [0.2, 0.25) is 0 Å². The summed E-state index contributed by atoms with van der Waals surface area (Å²) >= 11 is 6.21. The van der Waals surface area contributed by atoms with Crippen LogP contribution in [0.4, 0.5) is 5.82 Å². The van der Waals surface area contributed by atoms with Crippen LogP contribution in [0.3, 0.4) is 0 Å². The van der Waals surface area contributed by atoms with E-state index in [1.54, 1.807) is 6.20 Å². The Bertz CT molecular complexity index is 395. The molecule has 0 radical (unpaired) electrons. The van der Waals surface area contributed by atoms with Crippen molar-refractivity contribution in [2.24, 2.45) is 5.41 Å². The summed E-state index contributed by atoms with van der Waals surface area (Å²) < 4.78 is 5.54. The number of nitrogens with one attached hydrogen (secondary N) is 1. The Morgan fingerprint density at radius 2 is 2.35 bits per heavy atom. The highest BCUT2D eigenvalue weighted by Gasteiger charge is 2.47. The van der Waals surface area contributed by atoms with Crippen LogP contribution >= 0.6 is 11.6 Å². The van der Waals surface area contributed by atoms with Crippen molar-refractivity contribution in [1.82, 2.24) is 4.98 Å². The summed E-state index contributed by atoms with van der Waals surface area (Å²) in [6.45, 7) is 6.97. The molecule has 0 aromatic carbocycles. The molecule has 0 bridgehead atoms. The Kier molecular flexibility index (Phi) is 3.48. The van der Waals surface area contributed by atoms with Gasteiger partial charge in [0.15, 0.2) is 11.6 Å². The number of halogens is 1. The Hall–Kier alpha value is -0.960. The summed E-state index contributed by atoms with van der Waals surface area (Å²) in [6, 6.07) is 4.17. The summed E-state index contributed by atoms with van der Waals surface area (Å²) in [5.74, 6) is 1.62. The molecule has 1 aromatic heterocycles. The predicted molar refractivity (Wildman–Crippen MR) is 70.9 cm³/mol. The zero-order chi connectivity index (χ0) is 12.5. The fraction of sp³-hybridized carbons (Fsp3) is 0.615. The summed E-state index contributed by atoms with van der Waals surface area (Å²) in [5.41, 5.74) is 0.0998. The normalized spacial score (nSPS) is 26.1. The van der Waals surface area contributed by atoms with Gasteiger partial charge in [0.25, 0.3) is 0 Å². The van der Waals surface area contributed by atoms with Crippen molar-refractivity contribution in [3.63, 3.8) is 0 Å². The zero-order valence-corrected chi connectivity index (χ0v) is 11.3. The third-order valence-corrected chi connectivity index (χ3v) is 4.27. The van der Waals surface area contributed by atoms with Crippen LogP contribution in [0.25, 0.3) is 0 Å². The number of ether oxygens (including phenoxy) is 1. The van der Waals surface area contributed by atoms with E-state index in [2.05, 4.69) is 24.1 Å². The quantitative estimate of drug-likeness (QED) is 0.838. The summed E-state index contributed by atoms with van der Waals surface area (Å²) in [6.07, 6.45) is 2.74. The van der Waals surface area contributed by atoms with E-state index in [9.17, 15) is 0 Å². The molecule has 2 unspecified atom stereocenters. The second-order valence-electron chi connectivity index (χ2n) is 5.00. The number of pyridine rings is 1. The maximum atomic E-state index is 6.21. The van der Waals surface area contributed by atoms with Crippen LogP contribution in [0.5, 0.6) is 5.75 Å². The third kappa shape index (κ3) is 2.34. The number of hydrogen-bond acceptors (Lipinski definition) is 3. The van der Waals surface area contributed by atoms with Gasteiger partial charge in [0.1, 0.15) is 0 Å². The molecule has 1 heterocycles. The number of rotatable bonds is 4. The molecule has 0 amide bonds. The second kappa shape index (κ2) is 4.73. The summed E-state index contributed by atoms with van der Waals surface area (Å²) in [5, 5.41) is 3.67. The van der Waals surface area contributed by atoms with Crippen molar-refractivity contribution < 1.29 is 4.74 Å². The molecule has 2 rings (SSSR count). The first-order valence-corrected chi connectivity index (χ1v) is 6.47.